The summed E-state index contributed by atoms with van der Waals surface area (Å²) in [5, 5.41) is 2.74. The van der Waals surface area contributed by atoms with E-state index < -0.39 is 22.0 Å². The lowest BCUT2D eigenvalue weighted by molar-refractivity contribution is -0.116. The van der Waals surface area contributed by atoms with Gasteiger partial charge in [-0.2, -0.15) is 0 Å². The zero-order valence-electron chi connectivity index (χ0n) is 15.0. The van der Waals surface area contributed by atoms with Gasteiger partial charge in [0.25, 0.3) is 0 Å². The van der Waals surface area contributed by atoms with Crippen LogP contribution >= 0.6 is 11.3 Å². The van der Waals surface area contributed by atoms with E-state index in [1.54, 1.807) is 55.6 Å². The van der Waals surface area contributed by atoms with E-state index in [1.165, 1.54) is 11.5 Å². The molecule has 0 saturated heterocycles. The second-order valence-corrected chi connectivity index (χ2v) is 9.02. The molecule has 0 saturated carbocycles. The number of hydrogen-bond donors (Lipinski definition) is 1. The van der Waals surface area contributed by atoms with Gasteiger partial charge in [-0.3, -0.25) is 13.9 Å². The van der Waals surface area contributed by atoms with Gasteiger partial charge in [-0.25, -0.2) is 8.42 Å². The third kappa shape index (κ3) is 3.88. The molecule has 1 heterocycles. The van der Waals surface area contributed by atoms with Gasteiger partial charge in [0.1, 0.15) is 6.04 Å². The predicted octanol–water partition coefficient (Wildman–Crippen LogP) is 2.39. The topological polar surface area (TPSA) is 88.5 Å². The van der Waals surface area contributed by atoms with Gasteiger partial charge in [-0.05, 0) is 37.3 Å². The molecular weight excluding hydrogens is 386 g/mol. The number of aryl methyl sites for hydroxylation is 1. The normalized spacial score (nSPS) is 12.7. The number of amides is 1. The van der Waals surface area contributed by atoms with Crippen LogP contribution in [0, 0.1) is 0 Å². The molecule has 0 unspecified atom stereocenters. The van der Waals surface area contributed by atoms with Gasteiger partial charge in [0.05, 0.1) is 22.2 Å². The minimum Gasteiger partial charge on any atom is -0.324 e. The Morgan fingerprint density at radius 3 is 2.48 bits per heavy atom. The quantitative estimate of drug-likeness (QED) is 0.706. The number of carbonyl (C=O) groups excluding carboxylic acids is 1. The lowest BCUT2D eigenvalue weighted by Gasteiger charge is -2.28. The Morgan fingerprint density at radius 2 is 1.85 bits per heavy atom. The predicted molar refractivity (Wildman–Crippen MR) is 109 cm³/mol. The standard InChI is InChI=1S/C18H19N3O4S2/c1-12(21(27(3,24)25)14-7-5-4-6-8-14)17(22)19-13-9-10-15-16(11-13)26-18(23)20(15)2/h4-12H,1-3H3,(H,19,22)/t12-/m0/s1. The van der Waals surface area contributed by atoms with Crippen molar-refractivity contribution in [2.75, 3.05) is 15.9 Å². The minimum atomic E-state index is -3.66. The van der Waals surface area contributed by atoms with Crippen LogP contribution in [-0.2, 0) is 21.9 Å². The molecule has 3 rings (SSSR count). The van der Waals surface area contributed by atoms with Crippen molar-refractivity contribution < 1.29 is 13.2 Å². The molecule has 27 heavy (non-hydrogen) atoms. The number of rotatable bonds is 5. The molecule has 2 aromatic carbocycles. The van der Waals surface area contributed by atoms with Crippen LogP contribution in [0.25, 0.3) is 10.2 Å². The summed E-state index contributed by atoms with van der Waals surface area (Å²) in [5.41, 5.74) is 1.69. The zero-order chi connectivity index (χ0) is 19.8. The second kappa shape index (κ2) is 7.16. The molecule has 0 spiro atoms. The molecule has 9 heteroatoms. The highest BCUT2D eigenvalue weighted by Gasteiger charge is 2.29. The maximum Gasteiger partial charge on any atom is 0.307 e. The number of anilines is 2. The Labute approximate surface area is 160 Å². The molecule has 1 atom stereocenters. The molecule has 142 valence electrons. The molecule has 0 fully saturated rings. The average Bonchev–Trinajstić information content (AvgIpc) is 2.88. The summed E-state index contributed by atoms with van der Waals surface area (Å²) < 4.78 is 27.9. The van der Waals surface area contributed by atoms with Gasteiger partial charge in [0, 0.05) is 12.7 Å². The Balaban J connectivity index is 1.89. The monoisotopic (exact) mass is 405 g/mol. The van der Waals surface area contributed by atoms with E-state index in [9.17, 15) is 18.0 Å². The molecule has 0 aliphatic heterocycles. The first-order valence-corrected chi connectivity index (χ1v) is 10.8. The number of thiazole rings is 1. The number of sulfonamides is 1. The fourth-order valence-corrected chi connectivity index (χ4v) is 4.94. The highest BCUT2D eigenvalue weighted by molar-refractivity contribution is 7.92. The fraction of sp³-hybridized carbons (Fsp3) is 0.222. The molecule has 0 aliphatic carbocycles. The van der Waals surface area contributed by atoms with Gasteiger partial charge in [0.15, 0.2) is 0 Å². The molecular formula is C18H19N3O4S2. The molecule has 1 aromatic heterocycles. The van der Waals surface area contributed by atoms with E-state index in [1.807, 2.05) is 0 Å². The van der Waals surface area contributed by atoms with Crippen LogP contribution < -0.4 is 14.5 Å². The molecule has 7 nitrogen and oxygen atoms in total. The Hall–Kier alpha value is -2.65. The van der Waals surface area contributed by atoms with Crippen LogP contribution in [0.15, 0.2) is 53.3 Å². The molecule has 0 aliphatic rings. The summed E-state index contributed by atoms with van der Waals surface area (Å²) in [5.74, 6) is -0.466. The zero-order valence-corrected chi connectivity index (χ0v) is 16.7. The van der Waals surface area contributed by atoms with E-state index in [4.69, 9.17) is 0 Å². The number of fused-ring (bicyclic) bond motifs is 1. The number of para-hydroxylation sites is 1. The summed E-state index contributed by atoms with van der Waals surface area (Å²) in [7, 11) is -1.98. The van der Waals surface area contributed by atoms with Crippen LogP contribution in [-0.4, -0.2) is 31.2 Å². The van der Waals surface area contributed by atoms with E-state index >= 15 is 0 Å². The number of aromatic nitrogens is 1. The van der Waals surface area contributed by atoms with Gasteiger partial charge >= 0.3 is 4.87 Å². The molecule has 0 radical (unpaired) electrons. The first kappa shape index (κ1) is 19.1. The Morgan fingerprint density at radius 1 is 1.19 bits per heavy atom. The van der Waals surface area contributed by atoms with E-state index in [0.29, 0.717) is 11.4 Å². The first-order chi connectivity index (χ1) is 12.7. The largest absolute Gasteiger partial charge is 0.324 e. The van der Waals surface area contributed by atoms with E-state index in [0.717, 1.165) is 32.1 Å². The number of nitrogens with zero attached hydrogens (tertiary/aromatic N) is 2. The number of hydrogen-bond acceptors (Lipinski definition) is 5. The van der Waals surface area contributed by atoms with Gasteiger partial charge in [-0.15, -0.1) is 0 Å². The fourth-order valence-electron chi connectivity index (χ4n) is 2.84. The highest BCUT2D eigenvalue weighted by atomic mass is 32.2. The number of benzene rings is 2. The second-order valence-electron chi connectivity index (χ2n) is 6.17. The molecule has 1 N–H and O–H groups in total. The minimum absolute atomic E-state index is 0.0887. The highest BCUT2D eigenvalue weighted by Crippen LogP contribution is 2.23. The van der Waals surface area contributed by atoms with Gasteiger partial charge < -0.3 is 9.88 Å². The Bertz CT molecular complexity index is 1150. The summed E-state index contributed by atoms with van der Waals surface area (Å²) in [4.78, 5) is 24.4. The van der Waals surface area contributed by atoms with Gasteiger partial charge in [0.2, 0.25) is 15.9 Å². The first-order valence-electron chi connectivity index (χ1n) is 8.13. The molecule has 3 aromatic rings. The van der Waals surface area contributed by atoms with Crippen molar-refractivity contribution in [2.45, 2.75) is 13.0 Å². The molecule has 1 amide bonds. The number of nitrogens with one attached hydrogen (secondary N) is 1. The maximum absolute atomic E-state index is 12.7. The van der Waals surface area contributed by atoms with Crippen molar-refractivity contribution in [1.29, 1.82) is 0 Å². The maximum atomic E-state index is 12.7. The molecule has 0 bridgehead atoms. The van der Waals surface area contributed by atoms with Crippen molar-refractivity contribution in [2.24, 2.45) is 7.05 Å². The van der Waals surface area contributed by atoms with Crippen LogP contribution in [0.5, 0.6) is 0 Å². The van der Waals surface area contributed by atoms with Crippen LogP contribution in [0.1, 0.15) is 6.92 Å². The third-order valence-corrected chi connectivity index (χ3v) is 6.40. The van der Waals surface area contributed by atoms with E-state index in [-0.39, 0.29) is 4.87 Å². The smallest absolute Gasteiger partial charge is 0.307 e. The Kier molecular flexibility index (Phi) is 5.07. The average molecular weight is 406 g/mol. The van der Waals surface area contributed by atoms with Crippen molar-refractivity contribution in [3.05, 3.63) is 58.2 Å². The summed E-state index contributed by atoms with van der Waals surface area (Å²) >= 11 is 1.09. The van der Waals surface area contributed by atoms with Crippen LogP contribution in [0.4, 0.5) is 11.4 Å². The van der Waals surface area contributed by atoms with Crippen molar-refractivity contribution in [3.63, 3.8) is 0 Å². The van der Waals surface area contributed by atoms with Crippen molar-refractivity contribution in [1.82, 2.24) is 4.57 Å². The lowest BCUT2D eigenvalue weighted by atomic mass is 10.2. The van der Waals surface area contributed by atoms with Crippen LogP contribution in [0.3, 0.4) is 0 Å². The lowest BCUT2D eigenvalue weighted by Crippen LogP contribution is -2.45. The van der Waals surface area contributed by atoms with Crippen LogP contribution in [0.2, 0.25) is 0 Å². The van der Waals surface area contributed by atoms with Crippen molar-refractivity contribution >= 4 is 48.9 Å². The third-order valence-electron chi connectivity index (χ3n) is 4.16. The summed E-state index contributed by atoms with van der Waals surface area (Å²) in [6.45, 7) is 1.53. The van der Waals surface area contributed by atoms with E-state index in [2.05, 4.69) is 5.32 Å². The summed E-state index contributed by atoms with van der Waals surface area (Å²) in [6.07, 6.45) is 1.07. The SMILES string of the molecule is C[C@@H](C(=O)Nc1ccc2c(c1)sc(=O)n2C)N(c1ccccc1)S(C)(=O)=O. The van der Waals surface area contributed by atoms with Crippen molar-refractivity contribution in [3.8, 4) is 0 Å². The number of carbonyl (C=O) groups is 1. The summed E-state index contributed by atoms with van der Waals surface area (Å²) in [6, 6.07) is 12.7. The van der Waals surface area contributed by atoms with Gasteiger partial charge in [-0.1, -0.05) is 29.5 Å².